The number of nitrogens with one attached hydrogen (secondary N) is 1. The highest BCUT2D eigenvalue weighted by molar-refractivity contribution is 5.96. The standard InChI is InChI=1S/C18H24N4O3/c1-13-8-15(10-19-9-13)22(11-17-20-5-6-21-17)18(23)14(2)25-12-16-4-3-7-24-16/h5-6,8-10,14,16H,3-4,7,11-12H2,1-2H3,(H,20,21). The fraction of sp³-hybridized carbons (Fsp3) is 0.500. The van der Waals surface area contributed by atoms with E-state index in [0.717, 1.165) is 30.7 Å². The number of nitrogens with zero attached hydrogens (tertiary/aromatic N) is 3. The maximum absolute atomic E-state index is 13.0. The molecule has 2 unspecified atom stereocenters. The molecule has 1 aliphatic rings. The van der Waals surface area contributed by atoms with Crippen LogP contribution in [0.3, 0.4) is 0 Å². The van der Waals surface area contributed by atoms with Crippen LogP contribution >= 0.6 is 0 Å². The van der Waals surface area contributed by atoms with Gasteiger partial charge in [-0.15, -0.1) is 0 Å². The van der Waals surface area contributed by atoms with Crippen molar-refractivity contribution < 1.29 is 14.3 Å². The minimum atomic E-state index is -0.570. The van der Waals surface area contributed by atoms with Crippen molar-refractivity contribution in [1.82, 2.24) is 15.0 Å². The molecule has 3 heterocycles. The zero-order valence-corrected chi connectivity index (χ0v) is 14.6. The van der Waals surface area contributed by atoms with Gasteiger partial charge in [0.25, 0.3) is 5.91 Å². The second kappa shape index (κ2) is 8.22. The molecule has 0 bridgehead atoms. The molecule has 1 amide bonds. The van der Waals surface area contributed by atoms with Crippen molar-refractivity contribution >= 4 is 11.6 Å². The number of hydrogen-bond acceptors (Lipinski definition) is 5. The topological polar surface area (TPSA) is 80.3 Å². The summed E-state index contributed by atoms with van der Waals surface area (Å²) < 4.78 is 11.3. The van der Waals surface area contributed by atoms with Crippen LogP contribution in [0, 0.1) is 6.92 Å². The average molecular weight is 344 g/mol. The lowest BCUT2D eigenvalue weighted by Crippen LogP contribution is -2.40. The van der Waals surface area contributed by atoms with E-state index in [0.29, 0.717) is 19.0 Å². The van der Waals surface area contributed by atoms with E-state index in [9.17, 15) is 4.79 Å². The molecule has 0 aliphatic carbocycles. The fourth-order valence-corrected chi connectivity index (χ4v) is 2.84. The molecule has 0 radical (unpaired) electrons. The number of aromatic nitrogens is 3. The lowest BCUT2D eigenvalue weighted by atomic mass is 10.2. The Kier molecular flexibility index (Phi) is 5.78. The van der Waals surface area contributed by atoms with Crippen molar-refractivity contribution in [2.45, 2.75) is 45.4 Å². The Morgan fingerprint density at radius 1 is 1.52 bits per heavy atom. The maximum Gasteiger partial charge on any atom is 0.256 e. The summed E-state index contributed by atoms with van der Waals surface area (Å²) in [4.78, 5) is 26.1. The SMILES string of the molecule is Cc1cncc(N(Cc2ncc[nH]2)C(=O)C(C)OCC2CCCO2)c1. The Labute approximate surface area is 147 Å². The lowest BCUT2D eigenvalue weighted by molar-refractivity contribution is -0.131. The van der Waals surface area contributed by atoms with Crippen LogP contribution in [0.4, 0.5) is 5.69 Å². The molecule has 1 aliphatic heterocycles. The Hall–Kier alpha value is -2.25. The van der Waals surface area contributed by atoms with E-state index in [1.165, 1.54) is 0 Å². The van der Waals surface area contributed by atoms with Gasteiger partial charge in [0.2, 0.25) is 0 Å². The summed E-state index contributed by atoms with van der Waals surface area (Å²) in [6.07, 6.45) is 8.41. The van der Waals surface area contributed by atoms with E-state index in [-0.39, 0.29) is 12.0 Å². The molecule has 2 aromatic heterocycles. The summed E-state index contributed by atoms with van der Waals surface area (Å²) in [6, 6.07) is 1.93. The Bertz CT molecular complexity index is 683. The number of pyridine rings is 1. The molecule has 1 fully saturated rings. The number of amides is 1. The molecule has 7 heteroatoms. The van der Waals surface area contributed by atoms with E-state index < -0.39 is 6.10 Å². The van der Waals surface area contributed by atoms with Gasteiger partial charge in [-0.3, -0.25) is 9.78 Å². The third-order valence-corrected chi connectivity index (χ3v) is 4.20. The van der Waals surface area contributed by atoms with Crippen molar-refractivity contribution in [2.24, 2.45) is 0 Å². The largest absolute Gasteiger partial charge is 0.376 e. The first kappa shape index (κ1) is 17.6. The van der Waals surface area contributed by atoms with Crippen LogP contribution in [0.5, 0.6) is 0 Å². The Morgan fingerprint density at radius 2 is 2.40 bits per heavy atom. The molecule has 2 aromatic rings. The summed E-state index contributed by atoms with van der Waals surface area (Å²) in [5.41, 5.74) is 1.72. The first-order valence-electron chi connectivity index (χ1n) is 8.58. The number of aryl methyl sites for hydroxylation is 1. The molecule has 1 N–H and O–H groups in total. The maximum atomic E-state index is 13.0. The van der Waals surface area contributed by atoms with E-state index in [4.69, 9.17) is 9.47 Å². The van der Waals surface area contributed by atoms with Crippen molar-refractivity contribution in [1.29, 1.82) is 0 Å². The number of anilines is 1. The number of hydrogen-bond donors (Lipinski definition) is 1. The van der Waals surface area contributed by atoms with Crippen molar-refractivity contribution in [2.75, 3.05) is 18.1 Å². The molecule has 1 saturated heterocycles. The second-order valence-corrected chi connectivity index (χ2v) is 6.29. The summed E-state index contributed by atoms with van der Waals surface area (Å²) in [5.74, 6) is 0.586. The molecule has 25 heavy (non-hydrogen) atoms. The van der Waals surface area contributed by atoms with Gasteiger partial charge < -0.3 is 19.4 Å². The van der Waals surface area contributed by atoms with Crippen LogP contribution in [0.25, 0.3) is 0 Å². The highest BCUT2D eigenvalue weighted by Crippen LogP contribution is 2.19. The van der Waals surface area contributed by atoms with Crippen LogP contribution < -0.4 is 4.90 Å². The number of carbonyl (C=O) groups excluding carboxylic acids is 1. The average Bonchev–Trinajstić information content (AvgIpc) is 3.30. The molecule has 134 valence electrons. The summed E-state index contributed by atoms with van der Waals surface area (Å²) in [5, 5.41) is 0. The minimum Gasteiger partial charge on any atom is -0.376 e. The fourth-order valence-electron chi connectivity index (χ4n) is 2.84. The molecule has 3 rings (SSSR count). The predicted octanol–water partition coefficient (Wildman–Crippen LogP) is 2.23. The summed E-state index contributed by atoms with van der Waals surface area (Å²) in [7, 11) is 0. The van der Waals surface area contributed by atoms with Gasteiger partial charge in [-0.2, -0.15) is 0 Å². The highest BCUT2D eigenvalue weighted by Gasteiger charge is 2.26. The quantitative estimate of drug-likeness (QED) is 0.833. The van der Waals surface area contributed by atoms with Crippen LogP contribution in [0.1, 0.15) is 31.2 Å². The van der Waals surface area contributed by atoms with E-state index in [1.807, 2.05) is 13.0 Å². The van der Waals surface area contributed by atoms with Crippen molar-refractivity contribution in [3.63, 3.8) is 0 Å². The van der Waals surface area contributed by atoms with Gasteiger partial charge in [0, 0.05) is 25.2 Å². The van der Waals surface area contributed by atoms with E-state index in [1.54, 1.807) is 36.6 Å². The van der Waals surface area contributed by atoms with Crippen LogP contribution in [0.2, 0.25) is 0 Å². The third kappa shape index (κ3) is 4.64. The van der Waals surface area contributed by atoms with Gasteiger partial charge in [-0.1, -0.05) is 0 Å². The zero-order valence-electron chi connectivity index (χ0n) is 14.6. The zero-order chi connectivity index (χ0) is 17.6. The molecule has 2 atom stereocenters. The van der Waals surface area contributed by atoms with Gasteiger partial charge in [0.05, 0.1) is 31.1 Å². The monoisotopic (exact) mass is 344 g/mol. The van der Waals surface area contributed by atoms with Gasteiger partial charge >= 0.3 is 0 Å². The van der Waals surface area contributed by atoms with Crippen LogP contribution in [-0.4, -0.2) is 46.3 Å². The van der Waals surface area contributed by atoms with Gasteiger partial charge in [0.15, 0.2) is 0 Å². The number of rotatable bonds is 7. The number of carbonyl (C=O) groups is 1. The molecule has 0 aromatic carbocycles. The third-order valence-electron chi connectivity index (χ3n) is 4.20. The Morgan fingerprint density at radius 3 is 3.08 bits per heavy atom. The highest BCUT2D eigenvalue weighted by atomic mass is 16.5. The predicted molar refractivity (Wildman–Crippen MR) is 93.1 cm³/mol. The molecule has 0 saturated carbocycles. The second-order valence-electron chi connectivity index (χ2n) is 6.29. The minimum absolute atomic E-state index is 0.0920. The molecule has 0 spiro atoms. The van der Waals surface area contributed by atoms with Gasteiger partial charge in [-0.25, -0.2) is 4.98 Å². The first-order chi connectivity index (χ1) is 12.1. The van der Waals surface area contributed by atoms with E-state index in [2.05, 4.69) is 15.0 Å². The van der Waals surface area contributed by atoms with Crippen molar-refractivity contribution in [3.05, 3.63) is 42.2 Å². The number of aromatic amines is 1. The molecular formula is C18H24N4O3. The Balaban J connectivity index is 1.71. The normalized spacial score (nSPS) is 18.2. The van der Waals surface area contributed by atoms with E-state index >= 15 is 0 Å². The lowest BCUT2D eigenvalue weighted by Gasteiger charge is -2.25. The van der Waals surface area contributed by atoms with Gasteiger partial charge in [0.1, 0.15) is 11.9 Å². The van der Waals surface area contributed by atoms with Crippen LogP contribution in [0.15, 0.2) is 30.9 Å². The molecular weight excluding hydrogens is 320 g/mol. The first-order valence-corrected chi connectivity index (χ1v) is 8.58. The number of H-pyrrole nitrogens is 1. The smallest absolute Gasteiger partial charge is 0.256 e. The number of ether oxygens (including phenoxy) is 2. The number of imidazole rings is 1. The molecule has 7 nitrogen and oxygen atoms in total. The summed E-state index contributed by atoms with van der Waals surface area (Å²) >= 11 is 0. The van der Waals surface area contributed by atoms with Gasteiger partial charge in [-0.05, 0) is 38.3 Å². The van der Waals surface area contributed by atoms with Crippen molar-refractivity contribution in [3.8, 4) is 0 Å². The summed E-state index contributed by atoms with van der Waals surface area (Å²) in [6.45, 7) is 5.27. The van der Waals surface area contributed by atoms with Crippen LogP contribution in [-0.2, 0) is 20.8 Å².